The molecule has 1 amide bonds. The minimum absolute atomic E-state index is 0.0613. The van der Waals surface area contributed by atoms with Crippen molar-refractivity contribution in [2.24, 2.45) is 0 Å². The molecule has 1 atom stereocenters. The zero-order chi connectivity index (χ0) is 14.3. The highest BCUT2D eigenvalue weighted by Crippen LogP contribution is 2.53. The summed E-state index contributed by atoms with van der Waals surface area (Å²) in [5.74, 6) is -1.30. The Morgan fingerprint density at radius 1 is 1.55 bits per heavy atom. The van der Waals surface area contributed by atoms with Gasteiger partial charge in [-0.05, 0) is 19.1 Å². The zero-order valence-electron chi connectivity index (χ0n) is 10.4. The van der Waals surface area contributed by atoms with Crippen LogP contribution in [0.2, 0.25) is 0 Å². The number of thioether (sulfide) groups is 2. The molecular weight excluding hydrogens is 296 g/mol. The van der Waals surface area contributed by atoms with E-state index in [9.17, 15) is 14.7 Å². The third-order valence-electron chi connectivity index (χ3n) is 2.97. The van der Waals surface area contributed by atoms with Crippen LogP contribution in [0.1, 0.15) is 6.92 Å². The second kappa shape index (κ2) is 4.99. The van der Waals surface area contributed by atoms with E-state index < -0.39 is 5.97 Å². The highest BCUT2D eigenvalue weighted by Gasteiger charge is 2.52. The number of aromatic nitrogens is 1. The van der Waals surface area contributed by atoms with E-state index in [-0.39, 0.29) is 17.0 Å². The number of carbonyl (C=O) groups excluding carboxylic acids is 1. The first-order chi connectivity index (χ1) is 9.63. The lowest BCUT2D eigenvalue weighted by Crippen LogP contribution is -2.51. The van der Waals surface area contributed by atoms with Crippen molar-refractivity contribution in [2.45, 2.75) is 17.3 Å². The van der Waals surface area contributed by atoms with Crippen LogP contribution in [-0.4, -0.2) is 32.2 Å². The number of rotatable bonds is 3. The molecule has 0 spiro atoms. The lowest BCUT2D eigenvalue weighted by molar-refractivity contribution is -0.141. The number of aliphatic carboxylic acids is 1. The van der Waals surface area contributed by atoms with Crippen molar-refractivity contribution >= 4 is 35.4 Å². The number of allylic oxidation sites excluding steroid dienone is 1. The molecule has 2 aliphatic heterocycles. The Bertz CT molecular complexity index is 655. The zero-order valence-corrected chi connectivity index (χ0v) is 12.1. The SMILES string of the molecule is C/C=C1\C(=O)N2C(C(=O)O)=C(Sc3ccccn3)S[C@H]12. The molecule has 1 N–H and O–H groups in total. The van der Waals surface area contributed by atoms with Gasteiger partial charge < -0.3 is 5.11 Å². The monoisotopic (exact) mass is 306 g/mol. The van der Waals surface area contributed by atoms with Gasteiger partial charge in [-0.1, -0.05) is 35.7 Å². The van der Waals surface area contributed by atoms with Gasteiger partial charge in [0.2, 0.25) is 0 Å². The lowest BCUT2D eigenvalue weighted by Gasteiger charge is -2.36. The van der Waals surface area contributed by atoms with Crippen LogP contribution in [0.4, 0.5) is 0 Å². The molecule has 3 rings (SSSR count). The van der Waals surface area contributed by atoms with Gasteiger partial charge in [0.1, 0.15) is 10.4 Å². The van der Waals surface area contributed by atoms with E-state index in [0.717, 1.165) is 0 Å². The molecule has 20 heavy (non-hydrogen) atoms. The molecule has 1 aromatic heterocycles. The Hall–Kier alpha value is -1.73. The number of fused-ring (bicyclic) bond motifs is 1. The van der Waals surface area contributed by atoms with Crippen molar-refractivity contribution in [1.82, 2.24) is 9.88 Å². The molecule has 0 unspecified atom stereocenters. The van der Waals surface area contributed by atoms with Crippen LogP contribution >= 0.6 is 23.5 Å². The van der Waals surface area contributed by atoms with Gasteiger partial charge in [0, 0.05) is 11.8 Å². The fraction of sp³-hybridized carbons (Fsp3) is 0.154. The summed E-state index contributed by atoms with van der Waals surface area (Å²) in [6.45, 7) is 1.79. The van der Waals surface area contributed by atoms with Crippen LogP contribution in [0.3, 0.4) is 0 Å². The first-order valence-corrected chi connectivity index (χ1v) is 7.56. The number of carbonyl (C=O) groups is 2. The quantitative estimate of drug-likeness (QED) is 0.682. The summed E-state index contributed by atoms with van der Waals surface area (Å²) >= 11 is 2.67. The fourth-order valence-corrected chi connectivity index (χ4v) is 4.67. The third kappa shape index (κ3) is 1.94. The molecule has 7 heteroatoms. The summed E-state index contributed by atoms with van der Waals surface area (Å²) in [5, 5.41) is 9.85. The highest BCUT2D eigenvalue weighted by molar-refractivity contribution is 8.22. The van der Waals surface area contributed by atoms with Crippen LogP contribution in [0.5, 0.6) is 0 Å². The Kier molecular flexibility index (Phi) is 3.31. The molecule has 0 aliphatic carbocycles. The van der Waals surface area contributed by atoms with Crippen molar-refractivity contribution in [2.75, 3.05) is 0 Å². The number of carboxylic acid groups (broad SMARTS) is 1. The van der Waals surface area contributed by atoms with Gasteiger partial charge in [-0.15, -0.1) is 0 Å². The van der Waals surface area contributed by atoms with Gasteiger partial charge in [0.25, 0.3) is 5.91 Å². The number of pyridine rings is 1. The smallest absolute Gasteiger partial charge is 0.354 e. The van der Waals surface area contributed by atoms with Crippen molar-refractivity contribution < 1.29 is 14.7 Å². The van der Waals surface area contributed by atoms with Gasteiger partial charge in [0.15, 0.2) is 5.70 Å². The van der Waals surface area contributed by atoms with Gasteiger partial charge >= 0.3 is 5.97 Å². The number of carboxylic acids is 1. The van der Waals surface area contributed by atoms with Crippen molar-refractivity contribution in [3.05, 3.63) is 46.0 Å². The predicted octanol–water partition coefficient (Wildman–Crippen LogP) is 2.29. The van der Waals surface area contributed by atoms with Crippen LogP contribution in [0.25, 0.3) is 0 Å². The molecule has 0 aromatic carbocycles. The fourth-order valence-electron chi connectivity index (χ4n) is 2.05. The molecule has 1 saturated heterocycles. The average molecular weight is 306 g/mol. The number of hydrogen-bond donors (Lipinski definition) is 1. The van der Waals surface area contributed by atoms with Crippen LogP contribution in [0, 0.1) is 0 Å². The molecule has 1 aromatic rings. The standard InChI is InChI=1S/C13H10N2O3S2/c1-2-7-10(16)15-9(12(17)18)13(20-11(7)15)19-8-5-3-4-6-14-8/h2-6,11H,1H3,(H,17,18)/b7-2+/t11-/m1/s1. The molecule has 0 saturated carbocycles. The van der Waals surface area contributed by atoms with Gasteiger partial charge in [-0.3, -0.25) is 9.69 Å². The minimum Gasteiger partial charge on any atom is -0.477 e. The molecule has 3 heterocycles. The number of β-lactam (4-membered cyclic amide) rings is 1. The molecule has 1 fully saturated rings. The van der Waals surface area contributed by atoms with Gasteiger partial charge in [0.05, 0.1) is 4.24 Å². The number of amides is 1. The van der Waals surface area contributed by atoms with Crippen molar-refractivity contribution in [3.8, 4) is 0 Å². The van der Waals surface area contributed by atoms with Crippen molar-refractivity contribution in [3.63, 3.8) is 0 Å². The number of nitrogens with zero attached hydrogens (tertiary/aromatic N) is 2. The molecule has 0 radical (unpaired) electrons. The second-order valence-corrected chi connectivity index (χ2v) is 6.48. The van der Waals surface area contributed by atoms with E-state index in [4.69, 9.17) is 0 Å². The van der Waals surface area contributed by atoms with Crippen LogP contribution in [-0.2, 0) is 9.59 Å². The largest absolute Gasteiger partial charge is 0.477 e. The Balaban J connectivity index is 1.94. The van der Waals surface area contributed by atoms with E-state index in [1.807, 2.05) is 12.1 Å². The van der Waals surface area contributed by atoms with Gasteiger partial charge in [-0.2, -0.15) is 0 Å². The first-order valence-electron chi connectivity index (χ1n) is 5.86. The van der Waals surface area contributed by atoms with E-state index >= 15 is 0 Å². The maximum atomic E-state index is 11.9. The summed E-state index contributed by atoms with van der Waals surface area (Å²) in [6.07, 6.45) is 3.39. The summed E-state index contributed by atoms with van der Waals surface area (Å²) in [7, 11) is 0. The molecule has 2 aliphatic rings. The van der Waals surface area contributed by atoms with E-state index in [0.29, 0.717) is 14.8 Å². The van der Waals surface area contributed by atoms with E-state index in [1.165, 1.54) is 28.4 Å². The molecule has 102 valence electrons. The molecule has 0 bridgehead atoms. The minimum atomic E-state index is -1.08. The summed E-state index contributed by atoms with van der Waals surface area (Å²) in [6, 6.07) is 5.45. The van der Waals surface area contributed by atoms with Gasteiger partial charge in [-0.25, -0.2) is 9.78 Å². The Morgan fingerprint density at radius 3 is 2.95 bits per heavy atom. The highest BCUT2D eigenvalue weighted by atomic mass is 32.2. The summed E-state index contributed by atoms with van der Waals surface area (Å²) in [4.78, 5) is 28.8. The Labute approximate surface area is 123 Å². The molecule has 5 nitrogen and oxygen atoms in total. The first kappa shape index (κ1) is 13.3. The third-order valence-corrected chi connectivity index (χ3v) is 5.43. The average Bonchev–Trinajstić information content (AvgIpc) is 2.76. The predicted molar refractivity (Wildman–Crippen MR) is 76.7 cm³/mol. The maximum Gasteiger partial charge on any atom is 0.354 e. The number of hydrogen-bond acceptors (Lipinski definition) is 5. The Morgan fingerprint density at radius 2 is 2.35 bits per heavy atom. The van der Waals surface area contributed by atoms with Crippen molar-refractivity contribution in [1.29, 1.82) is 0 Å². The lowest BCUT2D eigenvalue weighted by atomic mass is 10.1. The summed E-state index contributed by atoms with van der Waals surface area (Å²) in [5.41, 5.74) is 0.719. The molecular formula is C13H10N2O3S2. The topological polar surface area (TPSA) is 70.5 Å². The van der Waals surface area contributed by atoms with E-state index in [2.05, 4.69) is 4.98 Å². The van der Waals surface area contributed by atoms with Crippen LogP contribution < -0.4 is 0 Å². The second-order valence-electron chi connectivity index (χ2n) is 4.10. The maximum absolute atomic E-state index is 11.9. The van der Waals surface area contributed by atoms with E-state index in [1.54, 1.807) is 25.3 Å². The summed E-state index contributed by atoms with van der Waals surface area (Å²) < 4.78 is 0.603. The normalized spacial score (nSPS) is 23.1. The van der Waals surface area contributed by atoms with Crippen LogP contribution in [0.15, 0.2) is 51.0 Å².